The summed E-state index contributed by atoms with van der Waals surface area (Å²) >= 11 is 0. The summed E-state index contributed by atoms with van der Waals surface area (Å²) in [5, 5.41) is 4.13. The van der Waals surface area contributed by atoms with Gasteiger partial charge in [0.05, 0.1) is 17.6 Å². The number of fused-ring (bicyclic) bond motifs is 3. The number of hydrogen-bond acceptors (Lipinski definition) is 5. The quantitative estimate of drug-likeness (QED) is 0.542. The van der Waals surface area contributed by atoms with Crippen molar-refractivity contribution in [3.8, 4) is 0 Å². The summed E-state index contributed by atoms with van der Waals surface area (Å²) in [6, 6.07) is 6.98. The van der Waals surface area contributed by atoms with Crippen LogP contribution < -0.4 is 5.32 Å². The fourth-order valence-corrected chi connectivity index (χ4v) is 5.31. The van der Waals surface area contributed by atoms with Crippen LogP contribution in [0.2, 0.25) is 0 Å². The fraction of sp³-hybridized carbons (Fsp3) is 0.500. The average molecular weight is 500 g/mol. The molecule has 190 valence electrons. The number of carbonyl (C=O) groups is 1. The molecule has 4 heterocycles. The molecule has 2 atom stereocenters. The predicted molar refractivity (Wildman–Crippen MR) is 127 cm³/mol. The number of anilines is 1. The van der Waals surface area contributed by atoms with Gasteiger partial charge in [-0.3, -0.25) is 4.79 Å². The van der Waals surface area contributed by atoms with E-state index in [1.54, 1.807) is 6.07 Å². The highest BCUT2D eigenvalue weighted by Gasteiger charge is 2.44. The van der Waals surface area contributed by atoms with E-state index in [4.69, 9.17) is 9.72 Å². The molecule has 1 saturated carbocycles. The Morgan fingerprint density at radius 1 is 1.19 bits per heavy atom. The van der Waals surface area contributed by atoms with E-state index in [9.17, 15) is 18.0 Å². The van der Waals surface area contributed by atoms with Gasteiger partial charge in [0.25, 0.3) is 0 Å². The number of rotatable bonds is 5. The smallest absolute Gasteiger partial charge is 0.370 e. The van der Waals surface area contributed by atoms with Crippen LogP contribution in [0.1, 0.15) is 54.6 Å². The van der Waals surface area contributed by atoms with Crippen LogP contribution in [-0.4, -0.2) is 45.0 Å². The predicted octanol–water partition coefficient (Wildman–Crippen LogP) is 4.87. The summed E-state index contributed by atoms with van der Waals surface area (Å²) in [6.07, 6.45) is -2.53. The van der Waals surface area contributed by atoms with E-state index in [0.29, 0.717) is 43.4 Å². The second kappa shape index (κ2) is 8.47. The zero-order valence-corrected chi connectivity index (χ0v) is 20.2. The summed E-state index contributed by atoms with van der Waals surface area (Å²) in [5.74, 6) is 1.87. The minimum Gasteiger partial charge on any atom is -0.370 e. The largest absolute Gasteiger partial charge is 0.416 e. The Morgan fingerprint density at radius 3 is 2.69 bits per heavy atom. The lowest BCUT2D eigenvalue weighted by atomic mass is 9.90. The van der Waals surface area contributed by atoms with Gasteiger partial charge >= 0.3 is 6.18 Å². The van der Waals surface area contributed by atoms with Crippen LogP contribution in [0.4, 0.5) is 19.0 Å². The summed E-state index contributed by atoms with van der Waals surface area (Å²) < 4.78 is 48.0. The van der Waals surface area contributed by atoms with E-state index in [1.807, 2.05) is 24.8 Å². The summed E-state index contributed by atoms with van der Waals surface area (Å²) in [6.45, 7) is 6.24. The van der Waals surface area contributed by atoms with Gasteiger partial charge in [-0.15, -0.1) is 0 Å². The van der Waals surface area contributed by atoms with Gasteiger partial charge in [0, 0.05) is 43.2 Å². The Kier molecular flexibility index (Phi) is 5.47. The minimum atomic E-state index is -4.40. The zero-order chi connectivity index (χ0) is 25.2. The molecule has 0 spiro atoms. The van der Waals surface area contributed by atoms with Crippen molar-refractivity contribution in [2.24, 2.45) is 11.8 Å². The zero-order valence-electron chi connectivity index (χ0n) is 20.2. The van der Waals surface area contributed by atoms with E-state index >= 15 is 0 Å². The van der Waals surface area contributed by atoms with Gasteiger partial charge in [0.1, 0.15) is 23.4 Å². The molecule has 1 N–H and O–H groups in total. The molecule has 2 aliphatic heterocycles. The first-order valence-corrected chi connectivity index (χ1v) is 12.4. The molecule has 1 saturated heterocycles. The molecule has 3 aliphatic rings. The van der Waals surface area contributed by atoms with Crippen molar-refractivity contribution < 1.29 is 22.7 Å². The molecular weight excluding hydrogens is 471 g/mol. The molecule has 0 radical (unpaired) electrons. The normalized spacial score (nSPS) is 21.2. The van der Waals surface area contributed by atoms with Gasteiger partial charge in [-0.2, -0.15) is 13.2 Å². The highest BCUT2D eigenvalue weighted by molar-refractivity contribution is 5.89. The number of ether oxygens (including phenoxy) is 1. The molecule has 1 amide bonds. The lowest BCUT2D eigenvalue weighted by molar-refractivity contribution is -0.145. The summed E-state index contributed by atoms with van der Waals surface area (Å²) in [5.41, 5.74) is 1.64. The van der Waals surface area contributed by atoms with Crippen molar-refractivity contribution in [2.45, 2.75) is 51.6 Å². The second-order valence-corrected chi connectivity index (χ2v) is 10.1. The maximum atomic E-state index is 13.2. The third-order valence-corrected chi connectivity index (χ3v) is 7.44. The lowest BCUT2D eigenvalue weighted by Gasteiger charge is -2.44. The molecular formula is C26H28F3N5O2. The molecule has 2 fully saturated rings. The summed E-state index contributed by atoms with van der Waals surface area (Å²) in [7, 11) is 0. The van der Waals surface area contributed by atoms with Crippen molar-refractivity contribution in [3.05, 3.63) is 53.0 Å². The van der Waals surface area contributed by atoms with Crippen LogP contribution in [0.3, 0.4) is 0 Å². The van der Waals surface area contributed by atoms with Crippen molar-refractivity contribution >= 4 is 22.8 Å². The van der Waals surface area contributed by atoms with Gasteiger partial charge in [0.2, 0.25) is 5.91 Å². The van der Waals surface area contributed by atoms with Crippen molar-refractivity contribution in [1.82, 2.24) is 19.4 Å². The molecule has 0 bridgehead atoms. The van der Waals surface area contributed by atoms with E-state index in [1.165, 1.54) is 12.1 Å². The first kappa shape index (κ1) is 23.3. The monoisotopic (exact) mass is 499 g/mol. The Labute approximate surface area is 206 Å². The number of likely N-dealkylation sites (tertiary alicyclic amines) is 1. The highest BCUT2D eigenvalue weighted by Crippen LogP contribution is 2.41. The van der Waals surface area contributed by atoms with Crippen molar-refractivity contribution in [1.29, 1.82) is 0 Å². The maximum absolute atomic E-state index is 13.2. The van der Waals surface area contributed by atoms with Crippen molar-refractivity contribution in [2.75, 3.05) is 25.0 Å². The number of benzene rings is 1. The van der Waals surface area contributed by atoms with Crippen LogP contribution in [0.25, 0.3) is 11.0 Å². The molecule has 36 heavy (non-hydrogen) atoms. The van der Waals surface area contributed by atoms with Crippen LogP contribution in [-0.2, 0) is 22.3 Å². The van der Waals surface area contributed by atoms with Gasteiger partial charge in [0.15, 0.2) is 0 Å². The van der Waals surface area contributed by atoms with Gasteiger partial charge in [-0.05, 0) is 50.5 Å². The molecule has 10 heteroatoms. The van der Waals surface area contributed by atoms with Crippen LogP contribution in [0.15, 0.2) is 30.3 Å². The fourth-order valence-electron chi connectivity index (χ4n) is 5.31. The first-order chi connectivity index (χ1) is 17.2. The van der Waals surface area contributed by atoms with E-state index in [0.717, 1.165) is 35.6 Å². The summed E-state index contributed by atoms with van der Waals surface area (Å²) in [4.78, 5) is 23.6. The van der Waals surface area contributed by atoms with Crippen LogP contribution in [0, 0.1) is 18.8 Å². The molecule has 1 unspecified atom stereocenters. The molecule has 6 rings (SSSR count). The second-order valence-electron chi connectivity index (χ2n) is 10.1. The number of hydrogen-bond donors (Lipinski definition) is 1. The maximum Gasteiger partial charge on any atom is 0.416 e. The number of aryl methyl sites for hydroxylation is 1. The number of alkyl halides is 3. The van der Waals surface area contributed by atoms with Crippen molar-refractivity contribution in [3.63, 3.8) is 0 Å². The van der Waals surface area contributed by atoms with E-state index < -0.39 is 17.8 Å². The van der Waals surface area contributed by atoms with E-state index in [2.05, 4.69) is 14.9 Å². The van der Waals surface area contributed by atoms with Gasteiger partial charge < -0.3 is 19.5 Å². The Hall–Kier alpha value is -3.14. The molecule has 1 aromatic carbocycles. The van der Waals surface area contributed by atoms with E-state index in [-0.39, 0.29) is 23.8 Å². The molecule has 3 aromatic rings. The molecule has 1 aliphatic carbocycles. The number of nitrogens with zero attached hydrogens (tertiary/aromatic N) is 4. The standard InChI is InChI=1S/C26H28F3N5O2/c1-14(17-4-3-5-19(10-17)26(27,28)29)30-23-20-11-21-22(18-12-33(13-18)25(35)16-6-7-16)36-9-8-34(21)24(20)32-15(2)31-23/h3-5,10-11,14,16,18,22H,6-9,12-13H2,1-2H3,(H,30,31,32)/t14-,22?/m1/s1. The Bertz CT molecular complexity index is 1330. The third-order valence-electron chi connectivity index (χ3n) is 7.44. The SMILES string of the molecule is Cc1nc(N[C@H](C)c2cccc(C(F)(F)F)c2)c2cc3n(c2n1)CCOC3C1CN(C(=O)C2CC2)C1. The highest BCUT2D eigenvalue weighted by atomic mass is 19.4. The Morgan fingerprint density at radius 2 is 1.97 bits per heavy atom. The average Bonchev–Trinajstić information content (AvgIpc) is 3.59. The van der Waals surface area contributed by atoms with Crippen LogP contribution in [0.5, 0.6) is 0 Å². The van der Waals surface area contributed by atoms with Gasteiger partial charge in [-0.1, -0.05) is 12.1 Å². The molecule has 2 aromatic heterocycles. The number of halogens is 3. The number of amides is 1. The number of nitrogens with one attached hydrogen (secondary N) is 1. The van der Waals surface area contributed by atoms with Gasteiger partial charge in [-0.25, -0.2) is 9.97 Å². The minimum absolute atomic E-state index is 0.134. The number of carbonyl (C=O) groups excluding carboxylic acids is 1. The topological polar surface area (TPSA) is 72.3 Å². The third kappa shape index (κ3) is 4.11. The van der Waals surface area contributed by atoms with Crippen LogP contribution >= 0.6 is 0 Å². The Balaban J connectivity index is 1.28. The lowest BCUT2D eigenvalue weighted by Crippen LogP contribution is -2.53. The number of aromatic nitrogens is 3. The first-order valence-electron chi connectivity index (χ1n) is 12.4. The molecule has 7 nitrogen and oxygen atoms in total.